The van der Waals surface area contributed by atoms with Crippen molar-refractivity contribution in [3.05, 3.63) is 52.6 Å². The summed E-state index contributed by atoms with van der Waals surface area (Å²) in [6.07, 6.45) is -1.54. The molecule has 1 aromatic heterocycles. The van der Waals surface area contributed by atoms with E-state index >= 15 is 0 Å². The van der Waals surface area contributed by atoms with E-state index in [1.165, 1.54) is 25.1 Å². The van der Waals surface area contributed by atoms with Gasteiger partial charge in [-0.15, -0.1) is 0 Å². The molecule has 0 fully saturated rings. The SMILES string of the molecule is Cc1cc(C(=O)Cc2ccc(F)c([C@@]3(C)N=C(N)OC[C@@H]3F)c2)nn1C. The van der Waals surface area contributed by atoms with E-state index in [1.54, 1.807) is 17.8 Å². The van der Waals surface area contributed by atoms with Gasteiger partial charge >= 0.3 is 0 Å². The van der Waals surface area contributed by atoms with E-state index in [4.69, 9.17) is 10.5 Å². The summed E-state index contributed by atoms with van der Waals surface area (Å²) < 4.78 is 35.3. The molecule has 0 radical (unpaired) electrons. The molecule has 6 nitrogen and oxygen atoms in total. The lowest BCUT2D eigenvalue weighted by atomic mass is 9.85. The molecule has 0 saturated heterocycles. The maximum Gasteiger partial charge on any atom is 0.283 e. The second-order valence-electron chi connectivity index (χ2n) is 6.58. The van der Waals surface area contributed by atoms with Crippen LogP contribution in [-0.4, -0.2) is 34.4 Å². The van der Waals surface area contributed by atoms with Gasteiger partial charge in [-0.25, -0.2) is 13.8 Å². The third-order valence-electron chi connectivity index (χ3n) is 4.67. The zero-order valence-electron chi connectivity index (χ0n) is 14.8. The molecular formula is C18H20F2N4O2. The first-order chi connectivity index (χ1) is 12.2. The zero-order chi connectivity index (χ0) is 19.1. The molecule has 0 aliphatic carbocycles. The number of ketones is 1. The molecule has 1 aromatic carbocycles. The Kier molecular flexibility index (Phi) is 4.52. The van der Waals surface area contributed by atoms with E-state index in [0.29, 0.717) is 11.3 Å². The Labute approximate surface area is 149 Å². The highest BCUT2D eigenvalue weighted by Crippen LogP contribution is 2.36. The molecule has 2 aromatic rings. The molecule has 2 N–H and O–H groups in total. The molecule has 0 saturated carbocycles. The van der Waals surface area contributed by atoms with Gasteiger partial charge in [0.1, 0.15) is 23.7 Å². The van der Waals surface area contributed by atoms with Crippen molar-refractivity contribution < 1.29 is 18.3 Å². The van der Waals surface area contributed by atoms with Gasteiger partial charge in [0.2, 0.25) is 0 Å². The lowest BCUT2D eigenvalue weighted by Crippen LogP contribution is -2.43. The summed E-state index contributed by atoms with van der Waals surface area (Å²) >= 11 is 0. The highest BCUT2D eigenvalue weighted by molar-refractivity contribution is 5.95. The number of benzene rings is 1. The van der Waals surface area contributed by atoms with E-state index in [9.17, 15) is 13.6 Å². The van der Waals surface area contributed by atoms with Crippen LogP contribution < -0.4 is 5.73 Å². The van der Waals surface area contributed by atoms with Crippen LogP contribution >= 0.6 is 0 Å². The Bertz CT molecular complexity index is 874. The number of carbonyl (C=O) groups is 1. The third kappa shape index (κ3) is 3.18. The Balaban J connectivity index is 1.93. The van der Waals surface area contributed by atoms with Gasteiger partial charge in [-0.3, -0.25) is 9.48 Å². The van der Waals surface area contributed by atoms with E-state index in [0.717, 1.165) is 5.69 Å². The van der Waals surface area contributed by atoms with Crippen molar-refractivity contribution in [3.8, 4) is 0 Å². The van der Waals surface area contributed by atoms with Crippen molar-refractivity contribution in [1.29, 1.82) is 0 Å². The van der Waals surface area contributed by atoms with Gasteiger partial charge in [-0.05, 0) is 37.6 Å². The molecule has 138 valence electrons. The minimum absolute atomic E-state index is 0.0203. The van der Waals surface area contributed by atoms with Crippen LogP contribution in [0, 0.1) is 12.7 Å². The largest absolute Gasteiger partial charge is 0.462 e. The number of rotatable bonds is 4. The van der Waals surface area contributed by atoms with Gasteiger partial charge in [-0.2, -0.15) is 5.10 Å². The van der Waals surface area contributed by atoms with Crippen molar-refractivity contribution in [2.45, 2.75) is 32.0 Å². The summed E-state index contributed by atoms with van der Waals surface area (Å²) in [5.41, 5.74) is 5.81. The van der Waals surface area contributed by atoms with Gasteiger partial charge in [0.15, 0.2) is 12.0 Å². The minimum Gasteiger partial charge on any atom is -0.462 e. The molecule has 2 heterocycles. The first-order valence-corrected chi connectivity index (χ1v) is 8.15. The maximum absolute atomic E-state index is 14.4. The van der Waals surface area contributed by atoms with Gasteiger partial charge in [-0.1, -0.05) is 6.07 Å². The second kappa shape index (κ2) is 6.51. The molecule has 2 atom stereocenters. The second-order valence-corrected chi connectivity index (χ2v) is 6.58. The van der Waals surface area contributed by atoms with Crippen molar-refractivity contribution in [2.75, 3.05) is 6.61 Å². The molecule has 0 unspecified atom stereocenters. The molecule has 3 rings (SSSR count). The number of aromatic nitrogens is 2. The fourth-order valence-corrected chi connectivity index (χ4v) is 2.92. The summed E-state index contributed by atoms with van der Waals surface area (Å²) in [5, 5.41) is 4.15. The standard InChI is InChI=1S/C18H20F2N4O2/c1-10-6-14(23-24(10)3)15(25)8-11-4-5-13(19)12(7-11)18(2)16(20)9-26-17(21)22-18/h4-7,16H,8-9H2,1-3H3,(H2,21,22)/t16-,18+/m0/s1. The summed E-state index contributed by atoms with van der Waals surface area (Å²) in [6, 6.07) is 5.66. The van der Waals surface area contributed by atoms with E-state index in [-0.39, 0.29) is 30.4 Å². The number of nitrogens with zero attached hydrogens (tertiary/aromatic N) is 3. The van der Waals surface area contributed by atoms with Gasteiger partial charge in [0.05, 0.1) is 0 Å². The summed E-state index contributed by atoms with van der Waals surface area (Å²) in [7, 11) is 1.75. The predicted octanol–water partition coefficient (Wildman–Crippen LogP) is 2.19. The number of halogens is 2. The molecule has 0 spiro atoms. The zero-order valence-corrected chi connectivity index (χ0v) is 14.8. The van der Waals surface area contributed by atoms with Crippen LogP contribution in [0.25, 0.3) is 0 Å². The first-order valence-electron chi connectivity index (χ1n) is 8.15. The lowest BCUT2D eigenvalue weighted by molar-refractivity contribution is 0.0921. The minimum atomic E-state index is -1.56. The smallest absolute Gasteiger partial charge is 0.283 e. The maximum atomic E-state index is 14.4. The van der Waals surface area contributed by atoms with Gasteiger partial charge in [0, 0.05) is 24.7 Å². The molecule has 1 aliphatic rings. The third-order valence-corrected chi connectivity index (χ3v) is 4.67. The number of hydrogen-bond donors (Lipinski definition) is 1. The summed E-state index contributed by atoms with van der Waals surface area (Å²) in [5.74, 6) is -0.818. The van der Waals surface area contributed by atoms with Crippen molar-refractivity contribution >= 4 is 11.8 Å². The topological polar surface area (TPSA) is 82.5 Å². The molecule has 0 amide bonds. The van der Waals surface area contributed by atoms with Crippen molar-refractivity contribution in [2.24, 2.45) is 17.8 Å². The molecule has 8 heteroatoms. The normalized spacial score (nSPS) is 22.7. The van der Waals surface area contributed by atoms with Crippen LogP contribution in [0.1, 0.15) is 34.2 Å². The number of ether oxygens (including phenoxy) is 1. The Morgan fingerprint density at radius 1 is 1.46 bits per heavy atom. The van der Waals surface area contributed by atoms with Gasteiger partial charge in [0.25, 0.3) is 6.02 Å². The van der Waals surface area contributed by atoms with Gasteiger partial charge < -0.3 is 10.5 Å². The molecular weight excluding hydrogens is 342 g/mol. The van der Waals surface area contributed by atoms with E-state index in [1.807, 2.05) is 6.92 Å². The Morgan fingerprint density at radius 3 is 2.85 bits per heavy atom. The molecule has 0 bridgehead atoms. The fourth-order valence-electron chi connectivity index (χ4n) is 2.92. The first kappa shape index (κ1) is 18.0. The average molecular weight is 362 g/mol. The fraction of sp³-hybridized carbons (Fsp3) is 0.389. The lowest BCUT2D eigenvalue weighted by Gasteiger charge is -2.33. The number of Topliss-reactive ketones (excluding diaryl/α,β-unsaturated/α-hetero) is 1. The van der Waals surface area contributed by atoms with E-state index < -0.39 is 17.5 Å². The number of nitrogens with two attached hydrogens (primary N) is 1. The highest BCUT2D eigenvalue weighted by atomic mass is 19.1. The van der Waals surface area contributed by atoms with Crippen LogP contribution in [-0.2, 0) is 23.7 Å². The number of aryl methyl sites for hydroxylation is 2. The Hall–Kier alpha value is -2.77. The summed E-state index contributed by atoms with van der Waals surface area (Å²) in [6.45, 7) is 3.00. The quantitative estimate of drug-likeness (QED) is 0.846. The van der Waals surface area contributed by atoms with Crippen LogP contribution in [0.15, 0.2) is 29.3 Å². The van der Waals surface area contributed by atoms with Crippen LogP contribution in [0.3, 0.4) is 0 Å². The molecule has 26 heavy (non-hydrogen) atoms. The van der Waals surface area contributed by atoms with E-state index in [2.05, 4.69) is 10.1 Å². The number of hydrogen-bond acceptors (Lipinski definition) is 5. The predicted molar refractivity (Wildman–Crippen MR) is 92.2 cm³/mol. The van der Waals surface area contributed by atoms with Crippen LogP contribution in [0.4, 0.5) is 8.78 Å². The summed E-state index contributed by atoms with van der Waals surface area (Å²) in [4.78, 5) is 16.4. The van der Waals surface area contributed by atoms with Crippen molar-refractivity contribution in [1.82, 2.24) is 9.78 Å². The number of carbonyl (C=O) groups excluding carboxylic acids is 1. The number of alkyl halides is 1. The Morgan fingerprint density at radius 2 is 2.19 bits per heavy atom. The highest BCUT2D eigenvalue weighted by Gasteiger charge is 2.42. The van der Waals surface area contributed by atoms with Crippen LogP contribution in [0.5, 0.6) is 0 Å². The average Bonchev–Trinajstić information content (AvgIpc) is 2.92. The monoisotopic (exact) mass is 362 g/mol. The molecule has 1 aliphatic heterocycles. The van der Waals surface area contributed by atoms with Crippen LogP contribution in [0.2, 0.25) is 0 Å². The number of aliphatic imine (C=N–C) groups is 1. The number of amidine groups is 1. The van der Waals surface area contributed by atoms with Crippen molar-refractivity contribution in [3.63, 3.8) is 0 Å².